The minimum atomic E-state index is -4.40. The van der Waals surface area contributed by atoms with Crippen LogP contribution in [0.1, 0.15) is 28.1 Å². The number of hydrogen-bond donors (Lipinski definition) is 0. The lowest BCUT2D eigenvalue weighted by Gasteiger charge is -2.17. The standard InChI is InChI=1S/C19H17F3N2/c1-13-3-4-14(2)24(13)17-6-5-16(18(12-17)19(20,21)22)11-15-7-9-23-10-8-15/h3-10,12H,11H2,1-2H3. The highest BCUT2D eigenvalue weighted by atomic mass is 19.4. The monoisotopic (exact) mass is 330 g/mol. The van der Waals surface area contributed by atoms with Crippen molar-refractivity contribution in [2.24, 2.45) is 0 Å². The maximum Gasteiger partial charge on any atom is 0.416 e. The lowest BCUT2D eigenvalue weighted by molar-refractivity contribution is -0.138. The van der Waals surface area contributed by atoms with Gasteiger partial charge in [-0.1, -0.05) is 6.07 Å². The second-order valence-corrected chi connectivity index (χ2v) is 5.82. The molecule has 24 heavy (non-hydrogen) atoms. The van der Waals surface area contributed by atoms with Crippen molar-refractivity contribution >= 4 is 0 Å². The Morgan fingerprint density at radius 3 is 2.12 bits per heavy atom. The van der Waals surface area contributed by atoms with Crippen LogP contribution in [0.25, 0.3) is 5.69 Å². The van der Waals surface area contributed by atoms with Crippen molar-refractivity contribution in [3.63, 3.8) is 0 Å². The van der Waals surface area contributed by atoms with Gasteiger partial charge in [0.15, 0.2) is 0 Å². The summed E-state index contributed by atoms with van der Waals surface area (Å²) in [5.74, 6) is 0. The van der Waals surface area contributed by atoms with E-state index in [0.717, 1.165) is 17.0 Å². The summed E-state index contributed by atoms with van der Waals surface area (Å²) in [5, 5.41) is 0. The van der Waals surface area contributed by atoms with E-state index < -0.39 is 11.7 Å². The minimum Gasteiger partial charge on any atom is -0.319 e. The van der Waals surface area contributed by atoms with Crippen LogP contribution in [-0.2, 0) is 12.6 Å². The molecule has 0 radical (unpaired) electrons. The lowest BCUT2D eigenvalue weighted by atomic mass is 9.99. The third-order valence-electron chi connectivity index (χ3n) is 4.07. The number of aryl methyl sites for hydroxylation is 2. The van der Waals surface area contributed by atoms with Crippen LogP contribution in [0.4, 0.5) is 13.2 Å². The van der Waals surface area contributed by atoms with E-state index in [1.165, 1.54) is 6.07 Å². The average Bonchev–Trinajstić information content (AvgIpc) is 2.87. The number of alkyl halides is 3. The minimum absolute atomic E-state index is 0.223. The number of aromatic nitrogens is 2. The van der Waals surface area contributed by atoms with E-state index in [1.54, 1.807) is 36.7 Å². The molecule has 0 bridgehead atoms. The topological polar surface area (TPSA) is 17.8 Å². The van der Waals surface area contributed by atoms with Gasteiger partial charge in [-0.15, -0.1) is 0 Å². The van der Waals surface area contributed by atoms with E-state index in [0.29, 0.717) is 5.69 Å². The normalized spacial score (nSPS) is 11.7. The number of benzene rings is 1. The van der Waals surface area contributed by atoms with Crippen molar-refractivity contribution in [1.82, 2.24) is 9.55 Å². The first-order valence-electron chi connectivity index (χ1n) is 7.60. The van der Waals surface area contributed by atoms with Gasteiger partial charge in [-0.2, -0.15) is 13.2 Å². The largest absolute Gasteiger partial charge is 0.416 e. The van der Waals surface area contributed by atoms with Gasteiger partial charge in [-0.25, -0.2) is 0 Å². The predicted octanol–water partition coefficient (Wildman–Crippen LogP) is 5.10. The Bertz CT molecular complexity index is 829. The Kier molecular flexibility index (Phi) is 4.18. The lowest BCUT2D eigenvalue weighted by Crippen LogP contribution is -2.11. The Balaban J connectivity index is 2.08. The van der Waals surface area contributed by atoms with Gasteiger partial charge in [0.25, 0.3) is 0 Å². The molecule has 3 aromatic rings. The Morgan fingerprint density at radius 1 is 0.917 bits per heavy atom. The fourth-order valence-electron chi connectivity index (χ4n) is 2.92. The summed E-state index contributed by atoms with van der Waals surface area (Å²) in [6, 6.07) is 11.8. The molecule has 0 fully saturated rings. The summed E-state index contributed by atoms with van der Waals surface area (Å²) in [7, 11) is 0. The van der Waals surface area contributed by atoms with Gasteiger partial charge in [0.1, 0.15) is 0 Å². The molecule has 0 atom stereocenters. The van der Waals surface area contributed by atoms with Crippen molar-refractivity contribution in [3.8, 4) is 5.69 Å². The SMILES string of the molecule is Cc1ccc(C)n1-c1ccc(Cc2ccncc2)c(C(F)(F)F)c1. The smallest absolute Gasteiger partial charge is 0.319 e. The predicted molar refractivity (Wildman–Crippen MR) is 87.3 cm³/mol. The molecule has 1 aromatic carbocycles. The molecule has 2 nitrogen and oxygen atoms in total. The maximum atomic E-state index is 13.6. The van der Waals surface area contributed by atoms with Crippen LogP contribution in [0.2, 0.25) is 0 Å². The Labute approximate surface area is 138 Å². The summed E-state index contributed by atoms with van der Waals surface area (Å²) in [6.45, 7) is 3.76. The highest BCUT2D eigenvalue weighted by molar-refractivity contribution is 5.46. The summed E-state index contributed by atoms with van der Waals surface area (Å²) < 4.78 is 42.5. The molecule has 0 aliphatic carbocycles. The van der Waals surface area contributed by atoms with Gasteiger partial charge in [-0.3, -0.25) is 4.98 Å². The van der Waals surface area contributed by atoms with Crippen LogP contribution in [-0.4, -0.2) is 9.55 Å². The quantitative estimate of drug-likeness (QED) is 0.653. The van der Waals surface area contributed by atoms with E-state index in [9.17, 15) is 13.2 Å². The third-order valence-corrected chi connectivity index (χ3v) is 4.07. The number of hydrogen-bond acceptors (Lipinski definition) is 1. The number of rotatable bonds is 3. The molecule has 0 saturated carbocycles. The molecule has 0 N–H and O–H groups in total. The van der Waals surface area contributed by atoms with Gasteiger partial charge in [0.2, 0.25) is 0 Å². The Hall–Kier alpha value is -2.56. The zero-order chi connectivity index (χ0) is 17.3. The third kappa shape index (κ3) is 3.20. The highest BCUT2D eigenvalue weighted by Gasteiger charge is 2.33. The molecular weight excluding hydrogens is 313 g/mol. The zero-order valence-electron chi connectivity index (χ0n) is 13.4. The van der Waals surface area contributed by atoms with E-state index in [1.807, 2.05) is 30.5 Å². The fourth-order valence-corrected chi connectivity index (χ4v) is 2.92. The summed E-state index contributed by atoms with van der Waals surface area (Å²) in [6.07, 6.45) is -0.998. The van der Waals surface area contributed by atoms with Crippen LogP contribution in [0.15, 0.2) is 54.9 Å². The van der Waals surface area contributed by atoms with Crippen LogP contribution >= 0.6 is 0 Å². The number of halogens is 3. The summed E-state index contributed by atoms with van der Waals surface area (Å²) in [5.41, 5.74) is 2.81. The molecule has 0 unspecified atom stereocenters. The van der Waals surface area contributed by atoms with Crippen molar-refractivity contribution in [1.29, 1.82) is 0 Å². The zero-order valence-corrected chi connectivity index (χ0v) is 13.4. The van der Waals surface area contributed by atoms with Crippen LogP contribution in [0.5, 0.6) is 0 Å². The maximum absolute atomic E-state index is 13.6. The molecule has 2 heterocycles. The second kappa shape index (κ2) is 6.15. The number of pyridine rings is 1. The van der Waals surface area contributed by atoms with E-state index in [2.05, 4.69) is 4.98 Å². The van der Waals surface area contributed by atoms with Crippen LogP contribution in [0.3, 0.4) is 0 Å². The molecule has 124 valence electrons. The Morgan fingerprint density at radius 2 is 1.54 bits per heavy atom. The molecule has 2 aromatic heterocycles. The molecule has 0 aliphatic rings. The van der Waals surface area contributed by atoms with Gasteiger partial charge in [0.05, 0.1) is 5.56 Å². The van der Waals surface area contributed by atoms with Gasteiger partial charge >= 0.3 is 6.18 Å². The van der Waals surface area contributed by atoms with E-state index in [4.69, 9.17) is 0 Å². The highest BCUT2D eigenvalue weighted by Crippen LogP contribution is 2.35. The van der Waals surface area contributed by atoms with Crippen molar-refractivity contribution in [2.45, 2.75) is 26.4 Å². The second-order valence-electron chi connectivity index (χ2n) is 5.82. The van der Waals surface area contributed by atoms with Crippen molar-refractivity contribution in [2.75, 3.05) is 0 Å². The molecule has 3 rings (SSSR count). The first-order valence-corrected chi connectivity index (χ1v) is 7.60. The van der Waals surface area contributed by atoms with Gasteiger partial charge in [-0.05, 0) is 67.8 Å². The first kappa shape index (κ1) is 16.3. The van der Waals surface area contributed by atoms with Gasteiger partial charge in [0, 0.05) is 29.5 Å². The fraction of sp³-hybridized carbons (Fsp3) is 0.211. The first-order chi connectivity index (χ1) is 11.4. The summed E-state index contributed by atoms with van der Waals surface area (Å²) in [4.78, 5) is 3.90. The molecule has 0 saturated heterocycles. The van der Waals surface area contributed by atoms with Gasteiger partial charge < -0.3 is 4.57 Å². The molecule has 0 spiro atoms. The van der Waals surface area contributed by atoms with Crippen molar-refractivity contribution < 1.29 is 13.2 Å². The van der Waals surface area contributed by atoms with Crippen LogP contribution < -0.4 is 0 Å². The molecular formula is C19H17F3N2. The van der Waals surface area contributed by atoms with Crippen molar-refractivity contribution in [3.05, 3.63) is 82.9 Å². The van der Waals surface area contributed by atoms with E-state index in [-0.39, 0.29) is 12.0 Å². The average molecular weight is 330 g/mol. The number of nitrogens with zero attached hydrogens (tertiary/aromatic N) is 2. The summed E-state index contributed by atoms with van der Waals surface area (Å²) >= 11 is 0. The molecule has 5 heteroatoms. The molecule has 0 amide bonds. The van der Waals surface area contributed by atoms with E-state index >= 15 is 0 Å². The molecule has 0 aliphatic heterocycles. The van der Waals surface area contributed by atoms with Crippen LogP contribution in [0, 0.1) is 13.8 Å².